The number of benzene rings is 2. The van der Waals surface area contributed by atoms with E-state index in [1.807, 2.05) is 12.1 Å². The first-order valence-corrected chi connectivity index (χ1v) is 7.05. The number of hydrogen-bond donors (Lipinski definition) is 1. The molecule has 0 spiro atoms. The van der Waals surface area contributed by atoms with E-state index in [0.29, 0.717) is 17.3 Å². The first kappa shape index (κ1) is 16.0. The second-order valence-corrected chi connectivity index (χ2v) is 5.44. The van der Waals surface area contributed by atoms with Gasteiger partial charge in [-0.3, -0.25) is 0 Å². The standard InChI is InChI=1S/C14H10BrClF3NO/c15-9-1-3-11(16)8(5-9)7-20-10-2-4-13(12(17)6-10)21-14(18)19/h1-6,14,20H,7H2. The average molecular weight is 381 g/mol. The Kier molecular flexibility index (Phi) is 5.36. The molecule has 0 aliphatic rings. The molecule has 0 atom stereocenters. The van der Waals surface area contributed by atoms with Crippen molar-refractivity contribution in [1.29, 1.82) is 0 Å². The summed E-state index contributed by atoms with van der Waals surface area (Å²) in [7, 11) is 0. The Labute approximate surface area is 133 Å². The van der Waals surface area contributed by atoms with Gasteiger partial charge in [-0.25, -0.2) is 4.39 Å². The zero-order chi connectivity index (χ0) is 15.4. The third kappa shape index (κ3) is 4.54. The van der Waals surface area contributed by atoms with Crippen LogP contribution in [0.4, 0.5) is 18.9 Å². The summed E-state index contributed by atoms with van der Waals surface area (Å²) >= 11 is 9.37. The van der Waals surface area contributed by atoms with E-state index in [2.05, 4.69) is 26.0 Å². The van der Waals surface area contributed by atoms with Crippen LogP contribution in [0.25, 0.3) is 0 Å². The summed E-state index contributed by atoms with van der Waals surface area (Å²) in [6.07, 6.45) is 0. The van der Waals surface area contributed by atoms with Crippen LogP contribution < -0.4 is 10.1 Å². The molecule has 0 unspecified atom stereocenters. The molecule has 0 amide bonds. The van der Waals surface area contributed by atoms with Gasteiger partial charge in [0.05, 0.1) is 0 Å². The number of ether oxygens (including phenoxy) is 1. The lowest BCUT2D eigenvalue weighted by Gasteiger charge is -2.11. The molecular formula is C14H10BrClF3NO. The van der Waals surface area contributed by atoms with E-state index in [9.17, 15) is 13.2 Å². The van der Waals surface area contributed by atoms with Crippen molar-refractivity contribution >= 4 is 33.2 Å². The molecule has 0 saturated carbocycles. The van der Waals surface area contributed by atoms with Gasteiger partial charge in [-0.2, -0.15) is 8.78 Å². The van der Waals surface area contributed by atoms with E-state index in [-0.39, 0.29) is 0 Å². The molecule has 21 heavy (non-hydrogen) atoms. The van der Waals surface area contributed by atoms with Crippen LogP contribution in [0.15, 0.2) is 40.9 Å². The van der Waals surface area contributed by atoms with Crippen LogP contribution in [-0.4, -0.2) is 6.61 Å². The van der Waals surface area contributed by atoms with E-state index < -0.39 is 18.2 Å². The first-order chi connectivity index (χ1) is 9.95. The molecule has 0 bridgehead atoms. The maximum absolute atomic E-state index is 13.5. The Bertz CT molecular complexity index is 640. The average Bonchev–Trinajstić information content (AvgIpc) is 2.42. The molecule has 0 aliphatic carbocycles. The number of nitrogens with one attached hydrogen (secondary N) is 1. The van der Waals surface area contributed by atoms with E-state index >= 15 is 0 Å². The number of alkyl halides is 2. The van der Waals surface area contributed by atoms with Gasteiger partial charge in [-0.1, -0.05) is 27.5 Å². The largest absolute Gasteiger partial charge is 0.432 e. The molecule has 2 rings (SSSR count). The second kappa shape index (κ2) is 7.04. The van der Waals surface area contributed by atoms with Crippen molar-refractivity contribution in [2.24, 2.45) is 0 Å². The highest BCUT2D eigenvalue weighted by Gasteiger charge is 2.10. The summed E-state index contributed by atoms with van der Waals surface area (Å²) in [6.45, 7) is -2.69. The Hall–Kier alpha value is -1.40. The highest BCUT2D eigenvalue weighted by Crippen LogP contribution is 2.25. The summed E-state index contributed by atoms with van der Waals surface area (Å²) in [4.78, 5) is 0. The molecule has 0 aromatic heterocycles. The van der Waals surface area contributed by atoms with Crippen molar-refractivity contribution in [2.75, 3.05) is 5.32 Å². The molecule has 1 N–H and O–H groups in total. The summed E-state index contributed by atoms with van der Waals surface area (Å²) < 4.78 is 42.5. The van der Waals surface area contributed by atoms with Crippen molar-refractivity contribution in [2.45, 2.75) is 13.2 Å². The highest BCUT2D eigenvalue weighted by molar-refractivity contribution is 9.10. The number of halogens is 5. The van der Waals surface area contributed by atoms with Crippen LogP contribution in [0.1, 0.15) is 5.56 Å². The SMILES string of the molecule is Fc1cc(NCc2cc(Br)ccc2Cl)ccc1OC(F)F. The molecule has 112 valence electrons. The van der Waals surface area contributed by atoms with Gasteiger partial charge in [-0.15, -0.1) is 0 Å². The van der Waals surface area contributed by atoms with E-state index in [0.717, 1.165) is 22.2 Å². The van der Waals surface area contributed by atoms with Crippen LogP contribution in [0.5, 0.6) is 5.75 Å². The maximum Gasteiger partial charge on any atom is 0.387 e. The summed E-state index contributed by atoms with van der Waals surface area (Å²) in [6, 6.07) is 9.06. The fourth-order valence-corrected chi connectivity index (χ4v) is 2.27. The normalized spacial score (nSPS) is 10.8. The molecule has 0 radical (unpaired) electrons. The smallest absolute Gasteiger partial charge is 0.387 e. The van der Waals surface area contributed by atoms with Crippen molar-refractivity contribution in [3.05, 3.63) is 57.3 Å². The van der Waals surface area contributed by atoms with Crippen LogP contribution >= 0.6 is 27.5 Å². The molecule has 0 heterocycles. The van der Waals surface area contributed by atoms with Crippen LogP contribution in [0, 0.1) is 5.82 Å². The molecule has 2 nitrogen and oxygen atoms in total. The number of rotatable bonds is 5. The highest BCUT2D eigenvalue weighted by atomic mass is 79.9. The fraction of sp³-hybridized carbons (Fsp3) is 0.143. The Morgan fingerprint density at radius 3 is 2.62 bits per heavy atom. The maximum atomic E-state index is 13.5. The Balaban J connectivity index is 2.07. The minimum Gasteiger partial charge on any atom is -0.432 e. The zero-order valence-electron chi connectivity index (χ0n) is 10.5. The molecule has 2 aromatic carbocycles. The van der Waals surface area contributed by atoms with Crippen LogP contribution in [0.2, 0.25) is 5.02 Å². The van der Waals surface area contributed by atoms with Crippen molar-refractivity contribution in [1.82, 2.24) is 0 Å². The zero-order valence-corrected chi connectivity index (χ0v) is 12.9. The minimum atomic E-state index is -3.06. The molecule has 2 aromatic rings. The first-order valence-electron chi connectivity index (χ1n) is 5.88. The van der Waals surface area contributed by atoms with Gasteiger partial charge in [0.25, 0.3) is 0 Å². The monoisotopic (exact) mass is 379 g/mol. The van der Waals surface area contributed by atoms with E-state index in [1.165, 1.54) is 6.07 Å². The lowest BCUT2D eigenvalue weighted by molar-refractivity contribution is -0.0521. The van der Waals surface area contributed by atoms with Gasteiger partial charge >= 0.3 is 6.61 Å². The van der Waals surface area contributed by atoms with Gasteiger partial charge in [0.2, 0.25) is 0 Å². The fourth-order valence-electron chi connectivity index (χ4n) is 1.68. The molecule has 0 fully saturated rings. The van der Waals surface area contributed by atoms with Gasteiger partial charge < -0.3 is 10.1 Å². The van der Waals surface area contributed by atoms with Crippen molar-refractivity contribution < 1.29 is 17.9 Å². The predicted octanol–water partition coefficient (Wildman–Crippen LogP) is 5.46. The summed E-state index contributed by atoms with van der Waals surface area (Å²) in [5, 5.41) is 3.54. The van der Waals surface area contributed by atoms with E-state index in [1.54, 1.807) is 6.07 Å². The lowest BCUT2D eigenvalue weighted by atomic mass is 10.2. The van der Waals surface area contributed by atoms with Crippen LogP contribution in [-0.2, 0) is 6.54 Å². The van der Waals surface area contributed by atoms with Crippen LogP contribution in [0.3, 0.4) is 0 Å². The van der Waals surface area contributed by atoms with Crippen molar-refractivity contribution in [3.8, 4) is 5.75 Å². The Morgan fingerprint density at radius 1 is 1.19 bits per heavy atom. The van der Waals surface area contributed by atoms with E-state index in [4.69, 9.17) is 11.6 Å². The summed E-state index contributed by atoms with van der Waals surface area (Å²) in [5.41, 5.74) is 1.25. The molecular weight excluding hydrogens is 371 g/mol. The van der Waals surface area contributed by atoms with Gasteiger partial charge in [0.1, 0.15) is 0 Å². The number of anilines is 1. The predicted molar refractivity (Wildman–Crippen MR) is 79.5 cm³/mol. The van der Waals surface area contributed by atoms with Gasteiger partial charge in [0, 0.05) is 27.8 Å². The minimum absolute atomic E-state index is 0.368. The third-order valence-corrected chi connectivity index (χ3v) is 3.50. The molecule has 0 saturated heterocycles. The lowest BCUT2D eigenvalue weighted by Crippen LogP contribution is -2.05. The number of hydrogen-bond acceptors (Lipinski definition) is 2. The van der Waals surface area contributed by atoms with Gasteiger partial charge in [-0.05, 0) is 35.9 Å². The van der Waals surface area contributed by atoms with Crippen molar-refractivity contribution in [3.63, 3.8) is 0 Å². The molecule has 0 aliphatic heterocycles. The second-order valence-electron chi connectivity index (χ2n) is 4.11. The van der Waals surface area contributed by atoms with Gasteiger partial charge in [0.15, 0.2) is 11.6 Å². The third-order valence-electron chi connectivity index (χ3n) is 2.64. The Morgan fingerprint density at radius 2 is 1.95 bits per heavy atom. The summed E-state index contributed by atoms with van der Waals surface area (Å²) in [5.74, 6) is -1.35. The molecule has 7 heteroatoms. The quantitative estimate of drug-likeness (QED) is 0.744. The topological polar surface area (TPSA) is 21.3 Å².